The van der Waals surface area contributed by atoms with Gasteiger partial charge in [0.05, 0.1) is 5.69 Å². The molecule has 1 fully saturated rings. The topological polar surface area (TPSA) is 79.4 Å². The van der Waals surface area contributed by atoms with Crippen molar-refractivity contribution in [2.75, 3.05) is 18.4 Å². The van der Waals surface area contributed by atoms with Crippen LogP contribution in [0.1, 0.15) is 17.7 Å². The number of nitrogens with zero attached hydrogens (tertiary/aromatic N) is 2. The van der Waals surface area contributed by atoms with Gasteiger partial charge in [-0.1, -0.05) is 36.4 Å². The zero-order chi connectivity index (χ0) is 20.4. The minimum atomic E-state index is -3.45. The van der Waals surface area contributed by atoms with Gasteiger partial charge in [0, 0.05) is 29.4 Å². The first kappa shape index (κ1) is 20.2. The smallest absolute Gasteiger partial charge is 0.252 e. The maximum Gasteiger partial charge on any atom is 0.252 e. The van der Waals surface area contributed by atoms with Gasteiger partial charge < -0.3 is 5.32 Å². The van der Waals surface area contributed by atoms with Gasteiger partial charge in [0.2, 0.25) is 5.91 Å². The van der Waals surface area contributed by atoms with E-state index in [1.165, 1.54) is 27.0 Å². The highest BCUT2D eigenvalue weighted by molar-refractivity contribution is 7.91. The number of piperidine rings is 1. The number of benzene rings is 1. The highest BCUT2D eigenvalue weighted by Crippen LogP contribution is 2.31. The standard InChI is InChI=1S/C20H21N3O3S3/c1-14-18(15-6-3-2-4-7-15)21-20(28-14)22-19(24)16-9-11-23(12-10-16)29(25,26)17-8-5-13-27-17/h2-8,13,16H,9-12H2,1H3,(H,21,22,24). The second-order valence-corrected chi connectivity index (χ2v) is 11.2. The Hall–Kier alpha value is -2.07. The number of aromatic nitrogens is 1. The van der Waals surface area contributed by atoms with Gasteiger partial charge in [-0.2, -0.15) is 4.31 Å². The number of sulfonamides is 1. The lowest BCUT2D eigenvalue weighted by molar-refractivity contribution is -0.120. The normalized spacial score (nSPS) is 16.0. The van der Waals surface area contributed by atoms with E-state index in [0.29, 0.717) is 35.3 Å². The lowest BCUT2D eigenvalue weighted by atomic mass is 9.97. The van der Waals surface area contributed by atoms with Crippen molar-refractivity contribution in [1.29, 1.82) is 0 Å². The highest BCUT2D eigenvalue weighted by Gasteiger charge is 2.32. The molecule has 0 unspecified atom stereocenters. The largest absolute Gasteiger partial charge is 0.302 e. The summed E-state index contributed by atoms with van der Waals surface area (Å²) in [5, 5.41) is 5.27. The molecule has 0 aliphatic carbocycles. The van der Waals surface area contributed by atoms with Gasteiger partial charge in [-0.25, -0.2) is 13.4 Å². The van der Waals surface area contributed by atoms with Crippen LogP contribution in [0.25, 0.3) is 11.3 Å². The van der Waals surface area contributed by atoms with E-state index in [0.717, 1.165) is 16.1 Å². The lowest BCUT2D eigenvalue weighted by Gasteiger charge is -2.29. The van der Waals surface area contributed by atoms with E-state index in [-0.39, 0.29) is 11.8 Å². The van der Waals surface area contributed by atoms with Crippen molar-refractivity contribution in [2.45, 2.75) is 24.0 Å². The summed E-state index contributed by atoms with van der Waals surface area (Å²) in [5.74, 6) is -0.305. The molecule has 2 aromatic heterocycles. The Morgan fingerprint density at radius 1 is 1.14 bits per heavy atom. The molecule has 0 saturated carbocycles. The second-order valence-electron chi connectivity index (χ2n) is 6.89. The monoisotopic (exact) mass is 447 g/mol. The van der Waals surface area contributed by atoms with Crippen LogP contribution in [-0.4, -0.2) is 36.7 Å². The minimum Gasteiger partial charge on any atom is -0.302 e. The first-order chi connectivity index (χ1) is 13.9. The summed E-state index contributed by atoms with van der Waals surface area (Å²) < 4.78 is 27.1. The van der Waals surface area contributed by atoms with Crippen molar-refractivity contribution in [3.05, 3.63) is 52.7 Å². The number of hydrogen-bond donors (Lipinski definition) is 1. The quantitative estimate of drug-likeness (QED) is 0.635. The molecule has 0 spiro atoms. The highest BCUT2D eigenvalue weighted by atomic mass is 32.2. The van der Waals surface area contributed by atoms with Crippen LogP contribution in [0.15, 0.2) is 52.1 Å². The number of aryl methyl sites for hydroxylation is 1. The third-order valence-corrected chi connectivity index (χ3v) is 9.15. The number of rotatable bonds is 5. The zero-order valence-corrected chi connectivity index (χ0v) is 18.3. The summed E-state index contributed by atoms with van der Waals surface area (Å²) in [4.78, 5) is 18.3. The van der Waals surface area contributed by atoms with Crippen LogP contribution in [0.4, 0.5) is 5.13 Å². The van der Waals surface area contributed by atoms with Crippen molar-refractivity contribution in [2.24, 2.45) is 5.92 Å². The molecule has 1 aliphatic rings. The molecule has 6 nitrogen and oxygen atoms in total. The molecule has 1 aliphatic heterocycles. The fourth-order valence-electron chi connectivity index (χ4n) is 3.42. The molecule has 1 N–H and O–H groups in total. The van der Waals surface area contributed by atoms with Gasteiger partial charge in [-0.3, -0.25) is 4.79 Å². The van der Waals surface area contributed by atoms with Crippen LogP contribution in [0.5, 0.6) is 0 Å². The molecule has 1 aromatic carbocycles. The molecule has 9 heteroatoms. The summed E-state index contributed by atoms with van der Waals surface area (Å²) in [6.45, 7) is 2.69. The number of amides is 1. The van der Waals surface area contributed by atoms with Crippen LogP contribution in [0, 0.1) is 12.8 Å². The summed E-state index contributed by atoms with van der Waals surface area (Å²) >= 11 is 2.67. The van der Waals surface area contributed by atoms with Crippen LogP contribution >= 0.6 is 22.7 Å². The van der Waals surface area contributed by atoms with E-state index >= 15 is 0 Å². The number of nitrogens with one attached hydrogen (secondary N) is 1. The van der Waals surface area contributed by atoms with Crippen molar-refractivity contribution < 1.29 is 13.2 Å². The van der Waals surface area contributed by atoms with E-state index in [9.17, 15) is 13.2 Å². The average Bonchev–Trinajstić information content (AvgIpc) is 3.39. The predicted octanol–water partition coefficient (Wildman–Crippen LogP) is 4.22. The maximum atomic E-state index is 12.7. The fourth-order valence-corrected chi connectivity index (χ4v) is 6.87. The predicted molar refractivity (Wildman–Crippen MR) is 117 cm³/mol. The Balaban J connectivity index is 1.39. The first-order valence-corrected chi connectivity index (χ1v) is 12.5. The molecule has 0 atom stereocenters. The molecule has 1 saturated heterocycles. The van der Waals surface area contributed by atoms with Crippen molar-refractivity contribution >= 4 is 43.7 Å². The molecule has 3 aromatic rings. The lowest BCUT2D eigenvalue weighted by Crippen LogP contribution is -2.41. The van der Waals surface area contributed by atoms with Gasteiger partial charge >= 0.3 is 0 Å². The van der Waals surface area contributed by atoms with Gasteiger partial charge in [-0.15, -0.1) is 22.7 Å². The van der Waals surface area contributed by atoms with E-state index in [1.807, 2.05) is 37.3 Å². The van der Waals surface area contributed by atoms with Crippen molar-refractivity contribution in [1.82, 2.24) is 9.29 Å². The maximum absolute atomic E-state index is 12.7. The zero-order valence-electron chi connectivity index (χ0n) is 15.9. The van der Waals surface area contributed by atoms with E-state index in [2.05, 4.69) is 10.3 Å². The average molecular weight is 448 g/mol. The summed E-state index contributed by atoms with van der Waals surface area (Å²) in [7, 11) is -3.45. The van der Waals surface area contributed by atoms with Crippen LogP contribution < -0.4 is 5.32 Å². The molecule has 1 amide bonds. The molecular weight excluding hydrogens is 426 g/mol. The molecule has 29 heavy (non-hydrogen) atoms. The van der Waals surface area contributed by atoms with Gasteiger partial charge in [-0.05, 0) is 31.2 Å². The van der Waals surface area contributed by atoms with E-state index in [4.69, 9.17) is 0 Å². The van der Waals surface area contributed by atoms with Crippen molar-refractivity contribution in [3.8, 4) is 11.3 Å². The Kier molecular flexibility index (Phi) is 5.82. The third-order valence-electron chi connectivity index (χ3n) is 4.99. The molecular formula is C20H21N3O3S3. The first-order valence-electron chi connectivity index (χ1n) is 9.32. The Morgan fingerprint density at radius 2 is 1.86 bits per heavy atom. The summed E-state index contributed by atoms with van der Waals surface area (Å²) in [5.41, 5.74) is 1.90. The van der Waals surface area contributed by atoms with Crippen LogP contribution in [0.3, 0.4) is 0 Å². The number of thiophene rings is 1. The second kappa shape index (κ2) is 8.35. The molecule has 0 bridgehead atoms. The molecule has 3 heterocycles. The number of carbonyl (C=O) groups excluding carboxylic acids is 1. The van der Waals surface area contributed by atoms with Gasteiger partial charge in [0.25, 0.3) is 10.0 Å². The molecule has 152 valence electrons. The van der Waals surface area contributed by atoms with E-state index < -0.39 is 10.0 Å². The van der Waals surface area contributed by atoms with Gasteiger partial charge in [0.1, 0.15) is 4.21 Å². The Labute approximate surface area is 178 Å². The van der Waals surface area contributed by atoms with Crippen molar-refractivity contribution in [3.63, 3.8) is 0 Å². The molecule has 4 rings (SSSR count). The number of anilines is 1. The summed E-state index contributed by atoms with van der Waals surface area (Å²) in [6, 6.07) is 13.2. The van der Waals surface area contributed by atoms with Gasteiger partial charge in [0.15, 0.2) is 5.13 Å². The minimum absolute atomic E-state index is 0.0912. The number of thiazole rings is 1. The number of carbonyl (C=O) groups is 1. The third kappa shape index (κ3) is 4.28. The van der Waals surface area contributed by atoms with E-state index in [1.54, 1.807) is 17.5 Å². The summed E-state index contributed by atoms with van der Waals surface area (Å²) in [6.07, 6.45) is 1.01. The fraction of sp³-hybridized carbons (Fsp3) is 0.300. The van der Waals surface area contributed by atoms with Crippen LogP contribution in [0.2, 0.25) is 0 Å². The SMILES string of the molecule is Cc1sc(NC(=O)C2CCN(S(=O)(=O)c3cccs3)CC2)nc1-c1ccccc1. The Morgan fingerprint density at radius 3 is 2.52 bits per heavy atom. The Bertz CT molecular complexity index is 1080. The van der Waals surface area contributed by atoms with Crippen LogP contribution in [-0.2, 0) is 14.8 Å². The number of hydrogen-bond acceptors (Lipinski definition) is 6. The molecule has 0 radical (unpaired) electrons.